The van der Waals surface area contributed by atoms with Crippen molar-refractivity contribution >= 4 is 68.8 Å². The van der Waals surface area contributed by atoms with E-state index in [9.17, 15) is 14.9 Å². The van der Waals surface area contributed by atoms with Gasteiger partial charge in [0, 0.05) is 26.8 Å². The predicted octanol–water partition coefficient (Wildman–Crippen LogP) is 5.74. The van der Waals surface area contributed by atoms with Crippen LogP contribution in [0, 0.1) is 17.3 Å². The number of carbonyl (C=O) groups is 1. The summed E-state index contributed by atoms with van der Waals surface area (Å²) < 4.78 is 18.7. The number of methoxy groups -OCH3 is 1. The van der Waals surface area contributed by atoms with Crippen LogP contribution in [0.3, 0.4) is 0 Å². The minimum absolute atomic E-state index is 0.0598. The highest BCUT2D eigenvalue weighted by molar-refractivity contribution is 14.1. The van der Waals surface area contributed by atoms with Crippen LogP contribution in [0.15, 0.2) is 71.4 Å². The molecule has 1 aliphatic heterocycles. The Labute approximate surface area is 222 Å². The van der Waals surface area contributed by atoms with Gasteiger partial charge in [-0.05, 0) is 87.2 Å². The predicted molar refractivity (Wildman–Crippen MR) is 143 cm³/mol. The van der Waals surface area contributed by atoms with Crippen molar-refractivity contribution in [1.29, 1.82) is 0 Å². The van der Waals surface area contributed by atoms with Crippen molar-refractivity contribution in [2.75, 3.05) is 7.11 Å². The van der Waals surface area contributed by atoms with E-state index in [0.29, 0.717) is 29.2 Å². The highest BCUT2D eigenvalue weighted by atomic mass is 127. The summed E-state index contributed by atoms with van der Waals surface area (Å²) in [6.45, 7) is 0.390. The van der Waals surface area contributed by atoms with Crippen LogP contribution in [0.25, 0.3) is 6.08 Å². The van der Waals surface area contributed by atoms with Gasteiger partial charge in [-0.15, -0.1) is 0 Å². The topological polar surface area (TPSA) is 100 Å². The van der Waals surface area contributed by atoms with Gasteiger partial charge in [0.2, 0.25) is 5.90 Å². The van der Waals surface area contributed by atoms with E-state index in [-0.39, 0.29) is 17.3 Å². The molecule has 0 atom stereocenters. The highest BCUT2D eigenvalue weighted by Crippen LogP contribution is 2.36. The van der Waals surface area contributed by atoms with Gasteiger partial charge in [-0.1, -0.05) is 18.2 Å². The van der Waals surface area contributed by atoms with Gasteiger partial charge in [-0.2, -0.15) is 0 Å². The van der Waals surface area contributed by atoms with Crippen LogP contribution in [-0.2, 0) is 16.1 Å². The minimum Gasteiger partial charge on any atom is -0.493 e. The summed E-state index contributed by atoms with van der Waals surface area (Å²) in [5, 5.41) is 10.8. The Hall–Kier alpha value is -3.00. The lowest BCUT2D eigenvalue weighted by Crippen LogP contribution is -2.05. The Morgan fingerprint density at radius 2 is 1.82 bits per heavy atom. The van der Waals surface area contributed by atoms with Crippen LogP contribution in [-0.4, -0.2) is 23.9 Å². The van der Waals surface area contributed by atoms with Gasteiger partial charge >= 0.3 is 5.97 Å². The van der Waals surface area contributed by atoms with Crippen molar-refractivity contribution in [3.8, 4) is 11.5 Å². The van der Waals surface area contributed by atoms with Crippen molar-refractivity contribution < 1.29 is 23.9 Å². The van der Waals surface area contributed by atoms with E-state index in [4.69, 9.17) is 14.2 Å². The number of hydrogen-bond donors (Lipinski definition) is 0. The van der Waals surface area contributed by atoms with Crippen molar-refractivity contribution in [2.24, 2.45) is 4.99 Å². The first-order valence-electron chi connectivity index (χ1n) is 9.87. The fraction of sp³-hybridized carbons (Fsp3) is 0.0833. The lowest BCUT2D eigenvalue weighted by Gasteiger charge is -2.14. The van der Waals surface area contributed by atoms with Crippen LogP contribution >= 0.6 is 45.2 Å². The van der Waals surface area contributed by atoms with Gasteiger partial charge in [0.05, 0.1) is 15.6 Å². The minimum atomic E-state index is -0.610. The summed E-state index contributed by atoms with van der Waals surface area (Å²) in [6, 6.07) is 17.2. The average Bonchev–Trinajstić information content (AvgIpc) is 3.19. The Morgan fingerprint density at radius 1 is 1.09 bits per heavy atom. The standard InChI is InChI=1S/C24H16I2N2O6/c1-32-21-12-14(10-19(26)22(21)33-13-16-4-2-3-5-18(16)25)11-20-24(29)34-23(27-20)15-6-8-17(9-7-15)28(30)31/h2-12H,13H2,1H3/b20-11-. The molecule has 0 fully saturated rings. The maximum absolute atomic E-state index is 12.4. The largest absolute Gasteiger partial charge is 0.493 e. The molecule has 0 saturated heterocycles. The van der Waals surface area contributed by atoms with Gasteiger partial charge in [0.25, 0.3) is 5.69 Å². The summed E-state index contributed by atoms with van der Waals surface area (Å²) in [7, 11) is 1.55. The molecule has 0 aliphatic carbocycles. The third-order valence-electron chi connectivity index (χ3n) is 4.83. The van der Waals surface area contributed by atoms with E-state index in [2.05, 4.69) is 50.2 Å². The number of nitro benzene ring substituents is 1. The molecule has 0 unspecified atom stereocenters. The molecule has 3 aromatic carbocycles. The first-order chi connectivity index (χ1) is 16.4. The Balaban J connectivity index is 1.58. The summed E-state index contributed by atoms with van der Waals surface area (Å²) in [5.74, 6) is 0.608. The molecule has 0 spiro atoms. The maximum atomic E-state index is 12.4. The molecular formula is C24H16I2N2O6. The second kappa shape index (κ2) is 10.5. The molecule has 0 N–H and O–H groups in total. The average molecular weight is 682 g/mol. The Kier molecular flexibility index (Phi) is 7.46. The number of aliphatic imine (C=N–C) groups is 1. The summed E-state index contributed by atoms with van der Waals surface area (Å²) in [4.78, 5) is 27.0. The molecule has 1 aliphatic rings. The van der Waals surface area contributed by atoms with Crippen LogP contribution in [0.2, 0.25) is 0 Å². The van der Waals surface area contributed by atoms with E-state index in [1.165, 1.54) is 24.3 Å². The second-order valence-electron chi connectivity index (χ2n) is 7.05. The van der Waals surface area contributed by atoms with E-state index < -0.39 is 10.9 Å². The smallest absolute Gasteiger partial charge is 0.363 e. The number of benzene rings is 3. The zero-order valence-corrected chi connectivity index (χ0v) is 22.0. The maximum Gasteiger partial charge on any atom is 0.363 e. The molecule has 34 heavy (non-hydrogen) atoms. The van der Waals surface area contributed by atoms with Crippen LogP contribution in [0.5, 0.6) is 11.5 Å². The lowest BCUT2D eigenvalue weighted by molar-refractivity contribution is -0.384. The zero-order chi connectivity index (χ0) is 24.2. The lowest BCUT2D eigenvalue weighted by atomic mass is 10.1. The van der Waals surface area contributed by atoms with Gasteiger partial charge in [0.15, 0.2) is 17.2 Å². The van der Waals surface area contributed by atoms with Crippen LogP contribution < -0.4 is 9.47 Å². The number of non-ortho nitro benzene ring substituents is 1. The first-order valence-corrected chi connectivity index (χ1v) is 12.0. The molecule has 10 heteroatoms. The van der Waals surface area contributed by atoms with E-state index >= 15 is 0 Å². The number of nitro groups is 1. The fourth-order valence-electron chi connectivity index (χ4n) is 3.14. The molecular weight excluding hydrogens is 666 g/mol. The molecule has 172 valence electrons. The van der Waals surface area contributed by atoms with Gasteiger partial charge in [-0.3, -0.25) is 10.1 Å². The number of ether oxygens (including phenoxy) is 3. The Morgan fingerprint density at radius 3 is 2.50 bits per heavy atom. The monoisotopic (exact) mass is 682 g/mol. The van der Waals surface area contributed by atoms with E-state index in [1.807, 2.05) is 30.3 Å². The number of halogens is 2. The number of rotatable bonds is 7. The number of esters is 1. The molecule has 8 nitrogen and oxygen atoms in total. The van der Waals surface area contributed by atoms with E-state index in [0.717, 1.165) is 12.7 Å². The third kappa shape index (κ3) is 5.38. The highest BCUT2D eigenvalue weighted by Gasteiger charge is 2.25. The van der Waals surface area contributed by atoms with Crippen molar-refractivity contribution in [1.82, 2.24) is 0 Å². The SMILES string of the molecule is COc1cc(/C=C2\N=C(c3ccc([N+](=O)[O-])cc3)OC2=O)cc(I)c1OCc1ccccc1I. The van der Waals surface area contributed by atoms with Crippen LogP contribution in [0.1, 0.15) is 16.7 Å². The fourth-order valence-corrected chi connectivity index (χ4v) is 4.47. The van der Waals surface area contributed by atoms with E-state index in [1.54, 1.807) is 19.3 Å². The number of carbonyl (C=O) groups excluding carboxylic acids is 1. The molecule has 4 rings (SSSR count). The zero-order valence-electron chi connectivity index (χ0n) is 17.7. The van der Waals surface area contributed by atoms with Crippen LogP contribution in [0.4, 0.5) is 5.69 Å². The molecule has 0 radical (unpaired) electrons. The number of cyclic esters (lactones) is 1. The van der Waals surface area contributed by atoms with Gasteiger partial charge in [-0.25, -0.2) is 9.79 Å². The summed E-state index contributed by atoms with van der Waals surface area (Å²) in [5.41, 5.74) is 2.26. The van der Waals surface area contributed by atoms with Crippen molar-refractivity contribution in [3.05, 3.63) is 100 Å². The summed E-state index contributed by atoms with van der Waals surface area (Å²) in [6.07, 6.45) is 1.59. The molecule has 0 aromatic heterocycles. The number of nitrogens with zero attached hydrogens (tertiary/aromatic N) is 2. The second-order valence-corrected chi connectivity index (χ2v) is 9.38. The quantitative estimate of drug-likeness (QED) is 0.104. The first kappa shape index (κ1) is 24.1. The normalized spacial score (nSPS) is 14.0. The molecule has 1 heterocycles. The third-order valence-corrected chi connectivity index (χ3v) is 6.68. The van der Waals surface area contributed by atoms with Crippen molar-refractivity contribution in [3.63, 3.8) is 0 Å². The molecule has 0 amide bonds. The molecule has 3 aromatic rings. The molecule has 0 bridgehead atoms. The van der Waals surface area contributed by atoms with Crippen molar-refractivity contribution in [2.45, 2.75) is 6.61 Å². The van der Waals surface area contributed by atoms with Gasteiger partial charge in [0.1, 0.15) is 6.61 Å². The Bertz CT molecular complexity index is 1340. The number of hydrogen-bond acceptors (Lipinski definition) is 7. The molecule has 0 saturated carbocycles. The summed E-state index contributed by atoms with van der Waals surface area (Å²) >= 11 is 4.42. The van der Waals surface area contributed by atoms with Gasteiger partial charge < -0.3 is 14.2 Å².